The Bertz CT molecular complexity index is 1940. The van der Waals surface area contributed by atoms with Gasteiger partial charge in [-0.05, 0) is 73.2 Å². The van der Waals surface area contributed by atoms with Crippen molar-refractivity contribution in [2.45, 2.75) is 38.4 Å². The summed E-state index contributed by atoms with van der Waals surface area (Å²) in [6.45, 7) is 3.62. The van der Waals surface area contributed by atoms with E-state index in [1.54, 1.807) is 42.5 Å². The molecule has 5 aromatic rings. The number of halogens is 2. The lowest BCUT2D eigenvalue weighted by Gasteiger charge is -2.36. The fourth-order valence-electron chi connectivity index (χ4n) is 6.07. The zero-order valence-corrected chi connectivity index (χ0v) is 23.4. The number of amides is 1. The number of hydrogen-bond acceptors (Lipinski definition) is 5. The predicted molar refractivity (Wildman–Crippen MR) is 155 cm³/mol. The highest BCUT2D eigenvalue weighted by molar-refractivity contribution is 5.94. The number of carbonyl (C=O) groups excluding carboxylic acids is 1. The van der Waals surface area contributed by atoms with Crippen LogP contribution < -0.4 is 0 Å². The highest BCUT2D eigenvalue weighted by atomic mass is 19.1. The Morgan fingerprint density at radius 1 is 0.953 bits per heavy atom. The van der Waals surface area contributed by atoms with E-state index in [2.05, 4.69) is 15.1 Å². The first-order valence-electron chi connectivity index (χ1n) is 14.1. The van der Waals surface area contributed by atoms with E-state index >= 15 is 8.78 Å². The minimum atomic E-state index is -1.33. The summed E-state index contributed by atoms with van der Waals surface area (Å²) in [4.78, 5) is 35.9. The van der Waals surface area contributed by atoms with Crippen molar-refractivity contribution in [3.63, 3.8) is 0 Å². The molecule has 8 nitrogen and oxygen atoms in total. The Labute approximate surface area is 245 Å². The van der Waals surface area contributed by atoms with Gasteiger partial charge in [-0.3, -0.25) is 14.6 Å². The molecule has 0 spiro atoms. The molecule has 216 valence electrons. The Balaban J connectivity index is 1.31. The molecule has 0 saturated heterocycles. The largest absolute Gasteiger partial charge is 0.481 e. The summed E-state index contributed by atoms with van der Waals surface area (Å²) >= 11 is 0. The van der Waals surface area contributed by atoms with Crippen molar-refractivity contribution in [2.75, 3.05) is 6.54 Å². The highest BCUT2D eigenvalue weighted by Gasteiger charge is 2.44. The Kier molecular flexibility index (Phi) is 6.30. The van der Waals surface area contributed by atoms with E-state index in [-0.39, 0.29) is 29.8 Å². The number of benzene rings is 2. The van der Waals surface area contributed by atoms with Crippen LogP contribution in [0.5, 0.6) is 0 Å². The van der Waals surface area contributed by atoms with Gasteiger partial charge in [0.1, 0.15) is 17.7 Å². The summed E-state index contributed by atoms with van der Waals surface area (Å²) in [6.07, 6.45) is -0.840. The van der Waals surface area contributed by atoms with Gasteiger partial charge >= 0.3 is 5.97 Å². The molecule has 0 unspecified atom stereocenters. The quantitative estimate of drug-likeness (QED) is 0.262. The first-order valence-corrected chi connectivity index (χ1v) is 14.1. The summed E-state index contributed by atoms with van der Waals surface area (Å²) < 4.78 is 32.1. The molecule has 1 amide bonds. The zero-order chi connectivity index (χ0) is 30.0. The van der Waals surface area contributed by atoms with E-state index in [1.165, 1.54) is 15.5 Å². The number of carboxylic acid groups (broad SMARTS) is 1. The minimum absolute atomic E-state index is 0.0972. The van der Waals surface area contributed by atoms with Gasteiger partial charge in [0.2, 0.25) is 0 Å². The third kappa shape index (κ3) is 4.63. The van der Waals surface area contributed by atoms with Gasteiger partial charge in [-0.2, -0.15) is 5.10 Å². The monoisotopic (exact) mass is 579 g/mol. The van der Waals surface area contributed by atoms with Crippen molar-refractivity contribution in [1.29, 1.82) is 0 Å². The van der Waals surface area contributed by atoms with Crippen molar-refractivity contribution in [1.82, 2.24) is 24.5 Å². The van der Waals surface area contributed by atoms with Gasteiger partial charge in [0.15, 0.2) is 5.65 Å². The van der Waals surface area contributed by atoms with Crippen LogP contribution in [0.1, 0.15) is 64.3 Å². The average Bonchev–Trinajstić information content (AvgIpc) is 3.70. The molecule has 1 saturated carbocycles. The van der Waals surface area contributed by atoms with Crippen LogP contribution in [0.15, 0.2) is 72.8 Å². The maximum atomic E-state index is 15.4. The Morgan fingerprint density at radius 3 is 2.47 bits per heavy atom. The number of fused-ring (bicyclic) bond motifs is 2. The molecule has 7 rings (SSSR count). The molecular weight excluding hydrogens is 552 g/mol. The normalized spacial score (nSPS) is 21.1. The summed E-state index contributed by atoms with van der Waals surface area (Å²) in [5, 5.41) is 13.9. The standard InChI is InChI=1S/C33H27F2N5O3/c1-17-6-5-9-27(36-17)30-14-29(32(41)39-16-26(35)21-8-4-3-7-20(21)18(39)2)37-31-15-28(38-40(30)31)22-11-10-19(12-25(22)34)23-13-24(23)33(42)43/h3-12,14-15,18,23-24,26H,13,16H2,1-2H3,(H,42,43)/t18-,23-,24+,26-/m1/s1. The lowest BCUT2D eigenvalue weighted by Crippen LogP contribution is -2.40. The second kappa shape index (κ2) is 10.1. The van der Waals surface area contributed by atoms with Gasteiger partial charge < -0.3 is 10.0 Å². The molecule has 1 N–H and O–H groups in total. The van der Waals surface area contributed by atoms with Gasteiger partial charge in [0.05, 0.1) is 35.6 Å². The van der Waals surface area contributed by atoms with Crippen LogP contribution in [0, 0.1) is 18.7 Å². The molecule has 2 aliphatic rings. The topological polar surface area (TPSA) is 101 Å². The number of aromatic nitrogens is 4. The van der Waals surface area contributed by atoms with Crippen LogP contribution in [-0.2, 0) is 4.79 Å². The molecular formula is C33H27F2N5O3. The second-order valence-electron chi connectivity index (χ2n) is 11.2. The average molecular weight is 580 g/mol. The van der Waals surface area contributed by atoms with Crippen molar-refractivity contribution in [3.05, 3.63) is 107 Å². The van der Waals surface area contributed by atoms with Gasteiger partial charge in [-0.15, -0.1) is 0 Å². The molecule has 0 bridgehead atoms. The van der Waals surface area contributed by atoms with Gasteiger partial charge in [0, 0.05) is 17.3 Å². The maximum Gasteiger partial charge on any atom is 0.307 e. The number of aryl methyl sites for hydroxylation is 1. The molecule has 4 atom stereocenters. The minimum Gasteiger partial charge on any atom is -0.481 e. The van der Waals surface area contributed by atoms with Gasteiger partial charge in [0.25, 0.3) is 5.91 Å². The van der Waals surface area contributed by atoms with Crippen LogP contribution in [-0.4, -0.2) is 48.0 Å². The summed E-state index contributed by atoms with van der Waals surface area (Å²) in [5.41, 5.74) is 4.66. The SMILES string of the molecule is Cc1cccc(-c2cc(C(=O)N3C[C@@H](F)c4ccccc4[C@H]3C)nc3cc(-c4ccc([C@H]5C[C@@H]5C(=O)O)cc4F)nn23)n1. The van der Waals surface area contributed by atoms with Crippen LogP contribution in [0.2, 0.25) is 0 Å². The Morgan fingerprint density at radius 2 is 1.74 bits per heavy atom. The summed E-state index contributed by atoms with van der Waals surface area (Å²) in [7, 11) is 0. The molecule has 1 fully saturated rings. The fraction of sp³-hybridized carbons (Fsp3) is 0.242. The number of carboxylic acids is 1. The summed E-state index contributed by atoms with van der Waals surface area (Å²) in [5.74, 6) is -2.54. The lowest BCUT2D eigenvalue weighted by molar-refractivity contribution is -0.138. The van der Waals surface area contributed by atoms with E-state index < -0.39 is 29.8 Å². The van der Waals surface area contributed by atoms with E-state index in [1.807, 2.05) is 38.1 Å². The Hall–Kier alpha value is -4.99. The van der Waals surface area contributed by atoms with Crippen molar-refractivity contribution < 1.29 is 23.5 Å². The van der Waals surface area contributed by atoms with Gasteiger partial charge in [-0.25, -0.2) is 18.3 Å². The number of carbonyl (C=O) groups is 2. The van der Waals surface area contributed by atoms with E-state index in [9.17, 15) is 14.7 Å². The second-order valence-corrected chi connectivity index (χ2v) is 11.2. The molecule has 10 heteroatoms. The van der Waals surface area contributed by atoms with E-state index in [4.69, 9.17) is 0 Å². The molecule has 4 heterocycles. The van der Waals surface area contributed by atoms with Crippen LogP contribution >= 0.6 is 0 Å². The number of aliphatic carboxylic acids is 1. The third-order valence-electron chi connectivity index (χ3n) is 8.47. The molecule has 1 aliphatic heterocycles. The van der Waals surface area contributed by atoms with Crippen molar-refractivity contribution >= 4 is 17.5 Å². The molecule has 3 aromatic heterocycles. The fourth-order valence-corrected chi connectivity index (χ4v) is 6.07. The van der Waals surface area contributed by atoms with Crippen molar-refractivity contribution in [2.24, 2.45) is 5.92 Å². The van der Waals surface area contributed by atoms with Crippen LogP contribution in [0.25, 0.3) is 28.3 Å². The third-order valence-corrected chi connectivity index (χ3v) is 8.47. The maximum absolute atomic E-state index is 15.4. The number of alkyl halides is 1. The zero-order valence-electron chi connectivity index (χ0n) is 23.4. The number of nitrogens with zero attached hydrogens (tertiary/aromatic N) is 5. The molecule has 1 aliphatic carbocycles. The lowest BCUT2D eigenvalue weighted by atomic mass is 9.92. The van der Waals surface area contributed by atoms with Crippen LogP contribution in [0.4, 0.5) is 8.78 Å². The number of pyridine rings is 1. The highest BCUT2D eigenvalue weighted by Crippen LogP contribution is 2.48. The summed E-state index contributed by atoms with van der Waals surface area (Å²) in [6, 6.07) is 20.2. The van der Waals surface area contributed by atoms with E-state index in [0.29, 0.717) is 40.3 Å². The molecule has 43 heavy (non-hydrogen) atoms. The number of rotatable bonds is 5. The predicted octanol–water partition coefficient (Wildman–Crippen LogP) is 6.32. The molecule has 0 radical (unpaired) electrons. The van der Waals surface area contributed by atoms with Crippen LogP contribution in [0.3, 0.4) is 0 Å². The smallest absolute Gasteiger partial charge is 0.307 e. The first-order chi connectivity index (χ1) is 20.7. The molecule has 2 aromatic carbocycles. The van der Waals surface area contributed by atoms with E-state index in [0.717, 1.165) is 11.3 Å². The first kappa shape index (κ1) is 26.9. The number of hydrogen-bond donors (Lipinski definition) is 1. The van der Waals surface area contributed by atoms with Gasteiger partial charge in [-0.1, -0.05) is 36.4 Å². The van der Waals surface area contributed by atoms with Crippen molar-refractivity contribution in [3.8, 4) is 22.6 Å².